The summed E-state index contributed by atoms with van der Waals surface area (Å²) in [6.07, 6.45) is 2.25. The lowest BCUT2D eigenvalue weighted by molar-refractivity contribution is -0.121. The van der Waals surface area contributed by atoms with E-state index >= 15 is 0 Å². The Kier molecular flexibility index (Phi) is 3.45. The van der Waals surface area contributed by atoms with E-state index in [1.54, 1.807) is 23.1 Å². The van der Waals surface area contributed by atoms with Crippen LogP contribution in [0.1, 0.15) is 29.8 Å². The smallest absolute Gasteiger partial charge is 0.272 e. The average molecular weight is 330 g/mol. The van der Waals surface area contributed by atoms with Gasteiger partial charge in [0.05, 0.1) is 4.88 Å². The Bertz CT molecular complexity index is 752. The molecule has 2 fully saturated rings. The Labute approximate surface area is 138 Å². The number of thiophene rings is 1. The molecule has 0 aliphatic carbocycles. The monoisotopic (exact) mass is 330 g/mol. The van der Waals surface area contributed by atoms with E-state index in [4.69, 9.17) is 0 Å². The van der Waals surface area contributed by atoms with Crippen molar-refractivity contribution in [1.29, 1.82) is 0 Å². The Morgan fingerprint density at radius 3 is 3.00 bits per heavy atom. The molecular weight excluding hydrogens is 312 g/mol. The molecule has 120 valence electrons. The van der Waals surface area contributed by atoms with Crippen molar-refractivity contribution in [3.05, 3.63) is 29.3 Å². The molecule has 4 heterocycles. The van der Waals surface area contributed by atoms with E-state index < -0.39 is 0 Å². The Balaban J connectivity index is 1.65. The van der Waals surface area contributed by atoms with Crippen LogP contribution in [0.2, 0.25) is 0 Å². The van der Waals surface area contributed by atoms with Crippen molar-refractivity contribution in [2.45, 2.75) is 31.3 Å². The summed E-state index contributed by atoms with van der Waals surface area (Å²) in [5.41, 5.74) is 1.40. The third-order valence-corrected chi connectivity index (χ3v) is 5.58. The first kappa shape index (κ1) is 14.4. The van der Waals surface area contributed by atoms with Crippen LogP contribution < -0.4 is 5.32 Å². The number of aryl methyl sites for hydroxylation is 1. The fourth-order valence-electron chi connectivity index (χ4n) is 3.56. The van der Waals surface area contributed by atoms with Crippen LogP contribution in [0.4, 0.5) is 0 Å². The van der Waals surface area contributed by atoms with E-state index in [-0.39, 0.29) is 23.9 Å². The molecule has 0 spiro atoms. The first-order chi connectivity index (χ1) is 11.1. The van der Waals surface area contributed by atoms with E-state index in [0.717, 1.165) is 23.4 Å². The third-order valence-electron chi connectivity index (χ3n) is 4.68. The molecule has 4 rings (SSSR count). The number of hydrogen-bond donors (Lipinski definition) is 1. The van der Waals surface area contributed by atoms with Gasteiger partial charge in [-0.2, -0.15) is 5.10 Å². The summed E-state index contributed by atoms with van der Waals surface area (Å²) in [5, 5.41) is 9.37. The van der Waals surface area contributed by atoms with Crippen LogP contribution >= 0.6 is 11.3 Å². The minimum Gasteiger partial charge on any atom is -0.354 e. The number of rotatable bonds is 2. The van der Waals surface area contributed by atoms with Crippen molar-refractivity contribution < 1.29 is 9.59 Å². The van der Waals surface area contributed by atoms with E-state index in [1.807, 2.05) is 28.5 Å². The summed E-state index contributed by atoms with van der Waals surface area (Å²) in [5.74, 6) is 0.0195. The molecule has 2 saturated heterocycles. The fraction of sp³-hybridized carbons (Fsp3) is 0.438. The minimum atomic E-state index is -0.0215. The van der Waals surface area contributed by atoms with Crippen molar-refractivity contribution in [1.82, 2.24) is 20.0 Å². The van der Waals surface area contributed by atoms with Gasteiger partial charge >= 0.3 is 0 Å². The Morgan fingerprint density at radius 1 is 1.39 bits per heavy atom. The number of carbonyl (C=O) groups excluding carboxylic acids is 2. The second-order valence-electron chi connectivity index (χ2n) is 6.12. The first-order valence-corrected chi connectivity index (χ1v) is 8.68. The largest absolute Gasteiger partial charge is 0.354 e. The molecule has 2 bridgehead atoms. The van der Waals surface area contributed by atoms with Gasteiger partial charge in [0.25, 0.3) is 5.91 Å². The Morgan fingerprint density at radius 2 is 2.22 bits per heavy atom. The lowest BCUT2D eigenvalue weighted by Crippen LogP contribution is -2.43. The van der Waals surface area contributed by atoms with Gasteiger partial charge in [0, 0.05) is 32.1 Å². The minimum absolute atomic E-state index is 0.00934. The van der Waals surface area contributed by atoms with Gasteiger partial charge in [-0.15, -0.1) is 11.3 Å². The molecule has 2 aromatic heterocycles. The van der Waals surface area contributed by atoms with Crippen LogP contribution in [-0.2, 0) is 11.8 Å². The van der Waals surface area contributed by atoms with Gasteiger partial charge in [0.1, 0.15) is 11.4 Å². The molecule has 0 radical (unpaired) electrons. The second kappa shape index (κ2) is 5.49. The second-order valence-corrected chi connectivity index (χ2v) is 7.07. The Hall–Kier alpha value is -2.15. The maximum Gasteiger partial charge on any atom is 0.272 e. The van der Waals surface area contributed by atoms with Gasteiger partial charge in [-0.25, -0.2) is 0 Å². The van der Waals surface area contributed by atoms with Gasteiger partial charge in [-0.1, -0.05) is 6.07 Å². The zero-order chi connectivity index (χ0) is 16.0. The number of amides is 2. The van der Waals surface area contributed by atoms with Crippen molar-refractivity contribution >= 4 is 23.2 Å². The molecule has 7 heteroatoms. The van der Waals surface area contributed by atoms with Crippen molar-refractivity contribution in [2.24, 2.45) is 7.05 Å². The van der Waals surface area contributed by atoms with Gasteiger partial charge in [0.15, 0.2) is 0 Å². The van der Waals surface area contributed by atoms with Crippen LogP contribution in [0.5, 0.6) is 0 Å². The summed E-state index contributed by atoms with van der Waals surface area (Å²) >= 11 is 1.61. The number of fused-ring (bicyclic) bond motifs is 2. The molecule has 2 atom stereocenters. The van der Waals surface area contributed by atoms with Gasteiger partial charge < -0.3 is 10.2 Å². The van der Waals surface area contributed by atoms with E-state index in [0.29, 0.717) is 18.7 Å². The zero-order valence-corrected chi connectivity index (χ0v) is 13.7. The zero-order valence-electron chi connectivity index (χ0n) is 12.9. The van der Waals surface area contributed by atoms with E-state index in [9.17, 15) is 9.59 Å². The normalized spacial score (nSPS) is 23.7. The molecular formula is C16H18N4O2S. The van der Waals surface area contributed by atoms with E-state index in [1.165, 1.54) is 0 Å². The molecule has 2 amide bonds. The molecule has 2 aromatic rings. The lowest BCUT2D eigenvalue weighted by Gasteiger charge is -2.27. The van der Waals surface area contributed by atoms with Crippen LogP contribution in [-0.4, -0.2) is 45.1 Å². The maximum absolute atomic E-state index is 13.1. The predicted octanol–water partition coefficient (Wildman–Crippen LogP) is 1.64. The standard InChI is InChI=1S/C16H18N4O2S/c1-19-13(8-12(18-19)14-3-2-6-23-14)16(22)20-10-4-5-11(20)9-17-15(21)7-10/h2-3,6,8,10-11H,4-5,7,9H2,1H3,(H,17,21)/t10-,11+/m1/s1. The van der Waals surface area contributed by atoms with Crippen molar-refractivity contribution in [3.8, 4) is 10.6 Å². The third kappa shape index (κ3) is 2.45. The average Bonchev–Trinajstić information content (AvgIpc) is 3.20. The molecule has 0 aromatic carbocycles. The van der Waals surface area contributed by atoms with Crippen LogP contribution in [0, 0.1) is 0 Å². The molecule has 1 N–H and O–H groups in total. The summed E-state index contributed by atoms with van der Waals surface area (Å²) in [6, 6.07) is 5.93. The molecule has 2 aliphatic heterocycles. The lowest BCUT2D eigenvalue weighted by atomic mass is 10.1. The molecule has 2 aliphatic rings. The molecule has 23 heavy (non-hydrogen) atoms. The fourth-order valence-corrected chi connectivity index (χ4v) is 4.24. The highest BCUT2D eigenvalue weighted by Crippen LogP contribution is 2.31. The maximum atomic E-state index is 13.1. The number of carbonyl (C=O) groups is 2. The highest BCUT2D eigenvalue weighted by molar-refractivity contribution is 7.13. The van der Waals surface area contributed by atoms with Crippen LogP contribution in [0.25, 0.3) is 10.6 Å². The van der Waals surface area contributed by atoms with Gasteiger partial charge in [-0.05, 0) is 30.4 Å². The number of aromatic nitrogens is 2. The summed E-state index contributed by atoms with van der Waals surface area (Å²) in [6.45, 7) is 0.552. The highest BCUT2D eigenvalue weighted by Gasteiger charge is 2.41. The summed E-state index contributed by atoms with van der Waals surface area (Å²) < 4.78 is 1.65. The van der Waals surface area contributed by atoms with E-state index in [2.05, 4.69) is 10.4 Å². The van der Waals surface area contributed by atoms with Crippen molar-refractivity contribution in [3.63, 3.8) is 0 Å². The number of nitrogens with one attached hydrogen (secondary N) is 1. The topological polar surface area (TPSA) is 67.2 Å². The van der Waals surface area contributed by atoms with Gasteiger partial charge in [0.2, 0.25) is 5.91 Å². The number of nitrogens with zero attached hydrogens (tertiary/aromatic N) is 3. The SMILES string of the molecule is Cn1nc(-c2cccs2)cc1C(=O)N1[C@@H]2CC[C@H]1CNC(=O)C2. The van der Waals surface area contributed by atoms with Crippen LogP contribution in [0.15, 0.2) is 23.6 Å². The van der Waals surface area contributed by atoms with Gasteiger partial charge in [-0.3, -0.25) is 14.3 Å². The van der Waals surface area contributed by atoms with Crippen LogP contribution in [0.3, 0.4) is 0 Å². The molecule has 0 unspecified atom stereocenters. The quantitative estimate of drug-likeness (QED) is 0.910. The summed E-state index contributed by atoms with van der Waals surface area (Å²) in [7, 11) is 1.80. The predicted molar refractivity (Wildman–Crippen MR) is 87.1 cm³/mol. The molecule has 6 nitrogen and oxygen atoms in total. The number of hydrogen-bond acceptors (Lipinski definition) is 4. The summed E-state index contributed by atoms with van der Waals surface area (Å²) in [4.78, 5) is 27.7. The first-order valence-electron chi connectivity index (χ1n) is 7.81. The highest BCUT2D eigenvalue weighted by atomic mass is 32.1. The molecule has 0 saturated carbocycles. The van der Waals surface area contributed by atoms with Crippen molar-refractivity contribution in [2.75, 3.05) is 6.54 Å².